The Hall–Kier alpha value is -1.51. The van der Waals surface area contributed by atoms with Gasteiger partial charge in [0.15, 0.2) is 0 Å². The molecule has 16 heavy (non-hydrogen) atoms. The van der Waals surface area contributed by atoms with Gasteiger partial charge in [-0.3, -0.25) is 4.79 Å². The number of carbonyl (C=O) groups excluding carboxylic acids is 1. The molecule has 0 radical (unpaired) electrons. The van der Waals surface area contributed by atoms with Crippen LogP contribution in [0.5, 0.6) is 0 Å². The van der Waals surface area contributed by atoms with Gasteiger partial charge in [0.05, 0.1) is 0 Å². The molecular weight excluding hydrogens is 200 g/mol. The van der Waals surface area contributed by atoms with Crippen molar-refractivity contribution in [3.63, 3.8) is 0 Å². The minimum absolute atomic E-state index is 0.0293. The summed E-state index contributed by atoms with van der Waals surface area (Å²) >= 11 is 0. The standard InChI is InChI=1S/C13H20N2O/c1-5-14-13(16)11(4)15-12-7-9(2)6-10(3)8-12/h6-8,11,15H,5H2,1-4H3,(H,14,16). The second-order valence-electron chi connectivity index (χ2n) is 4.14. The number of hydrogen-bond donors (Lipinski definition) is 2. The van der Waals surface area contributed by atoms with Gasteiger partial charge in [-0.1, -0.05) is 6.07 Å². The van der Waals surface area contributed by atoms with Crippen molar-refractivity contribution in [2.75, 3.05) is 11.9 Å². The molecule has 1 atom stereocenters. The lowest BCUT2D eigenvalue weighted by Gasteiger charge is -2.15. The number of hydrogen-bond acceptors (Lipinski definition) is 2. The zero-order valence-electron chi connectivity index (χ0n) is 10.4. The summed E-state index contributed by atoms with van der Waals surface area (Å²) in [6, 6.07) is 5.99. The topological polar surface area (TPSA) is 41.1 Å². The Bertz CT molecular complexity index is 354. The summed E-state index contributed by atoms with van der Waals surface area (Å²) in [5.41, 5.74) is 3.40. The van der Waals surface area contributed by atoms with Crippen LogP contribution in [0.4, 0.5) is 5.69 Å². The van der Waals surface area contributed by atoms with Gasteiger partial charge in [-0.05, 0) is 51.0 Å². The zero-order valence-corrected chi connectivity index (χ0v) is 10.4. The van der Waals surface area contributed by atoms with Crippen LogP contribution in [0.25, 0.3) is 0 Å². The highest BCUT2D eigenvalue weighted by Crippen LogP contribution is 2.14. The molecule has 0 bridgehead atoms. The lowest BCUT2D eigenvalue weighted by atomic mass is 10.1. The number of carbonyl (C=O) groups is 1. The van der Waals surface area contributed by atoms with Crippen LogP contribution in [0.15, 0.2) is 18.2 Å². The molecule has 0 fully saturated rings. The molecule has 2 N–H and O–H groups in total. The van der Waals surface area contributed by atoms with Crippen LogP contribution in [-0.4, -0.2) is 18.5 Å². The van der Waals surface area contributed by atoms with Gasteiger partial charge in [0.25, 0.3) is 0 Å². The quantitative estimate of drug-likeness (QED) is 0.817. The van der Waals surface area contributed by atoms with E-state index in [1.54, 1.807) is 0 Å². The van der Waals surface area contributed by atoms with Crippen molar-refractivity contribution in [1.29, 1.82) is 0 Å². The number of aryl methyl sites for hydroxylation is 2. The third-order valence-corrected chi connectivity index (χ3v) is 2.35. The highest BCUT2D eigenvalue weighted by Gasteiger charge is 2.11. The summed E-state index contributed by atoms with van der Waals surface area (Å²) in [5.74, 6) is 0.0293. The highest BCUT2D eigenvalue weighted by atomic mass is 16.2. The van der Waals surface area contributed by atoms with Gasteiger partial charge in [0.2, 0.25) is 5.91 Å². The van der Waals surface area contributed by atoms with E-state index >= 15 is 0 Å². The third kappa shape index (κ3) is 3.57. The second-order valence-corrected chi connectivity index (χ2v) is 4.14. The summed E-state index contributed by atoms with van der Waals surface area (Å²) in [5, 5.41) is 5.99. The zero-order chi connectivity index (χ0) is 12.1. The number of amides is 1. The Morgan fingerprint density at radius 1 is 1.25 bits per heavy atom. The smallest absolute Gasteiger partial charge is 0.242 e. The van der Waals surface area contributed by atoms with E-state index in [9.17, 15) is 4.79 Å². The summed E-state index contributed by atoms with van der Waals surface area (Å²) in [6.45, 7) is 8.55. The molecule has 1 unspecified atom stereocenters. The van der Waals surface area contributed by atoms with Gasteiger partial charge in [0, 0.05) is 12.2 Å². The van der Waals surface area contributed by atoms with Crippen molar-refractivity contribution in [2.24, 2.45) is 0 Å². The first-order valence-corrected chi connectivity index (χ1v) is 5.65. The number of nitrogens with one attached hydrogen (secondary N) is 2. The van der Waals surface area contributed by atoms with Crippen molar-refractivity contribution in [1.82, 2.24) is 5.32 Å². The van der Waals surface area contributed by atoms with Crippen LogP contribution in [-0.2, 0) is 4.79 Å². The van der Waals surface area contributed by atoms with Crippen molar-refractivity contribution < 1.29 is 4.79 Å². The Labute approximate surface area is 97.2 Å². The van der Waals surface area contributed by atoms with E-state index in [1.165, 1.54) is 11.1 Å². The van der Waals surface area contributed by atoms with E-state index < -0.39 is 0 Å². The molecular formula is C13H20N2O. The molecule has 0 aliphatic rings. The SMILES string of the molecule is CCNC(=O)C(C)Nc1cc(C)cc(C)c1. The van der Waals surface area contributed by atoms with E-state index in [0.29, 0.717) is 6.54 Å². The van der Waals surface area contributed by atoms with Gasteiger partial charge < -0.3 is 10.6 Å². The van der Waals surface area contributed by atoms with Crippen molar-refractivity contribution in [3.05, 3.63) is 29.3 Å². The maximum Gasteiger partial charge on any atom is 0.242 e. The summed E-state index contributed by atoms with van der Waals surface area (Å²) in [7, 11) is 0. The maximum absolute atomic E-state index is 11.5. The van der Waals surface area contributed by atoms with Crippen LogP contribution in [0.1, 0.15) is 25.0 Å². The Morgan fingerprint density at radius 3 is 2.31 bits per heavy atom. The molecule has 1 rings (SSSR count). The molecule has 0 saturated carbocycles. The predicted octanol–water partition coefficient (Wildman–Crippen LogP) is 2.24. The number of benzene rings is 1. The largest absolute Gasteiger partial charge is 0.374 e. The van der Waals surface area contributed by atoms with Crippen LogP contribution in [0.2, 0.25) is 0 Å². The van der Waals surface area contributed by atoms with Crippen molar-refractivity contribution in [2.45, 2.75) is 33.7 Å². The molecule has 0 aromatic heterocycles. The summed E-state index contributed by atoms with van der Waals surface area (Å²) in [6.07, 6.45) is 0. The average Bonchev–Trinajstić information content (AvgIpc) is 2.16. The van der Waals surface area contributed by atoms with E-state index in [1.807, 2.05) is 26.0 Å². The molecule has 88 valence electrons. The van der Waals surface area contributed by atoms with Crippen molar-refractivity contribution in [3.8, 4) is 0 Å². The normalized spacial score (nSPS) is 12.0. The van der Waals surface area contributed by atoms with Gasteiger partial charge >= 0.3 is 0 Å². The number of likely N-dealkylation sites (N-methyl/N-ethyl adjacent to an activating group) is 1. The summed E-state index contributed by atoms with van der Waals surface area (Å²) in [4.78, 5) is 11.5. The van der Waals surface area contributed by atoms with Crippen LogP contribution < -0.4 is 10.6 Å². The molecule has 0 aliphatic carbocycles. The molecule has 0 spiro atoms. The Balaban J connectivity index is 2.69. The molecule has 3 heteroatoms. The molecule has 1 amide bonds. The molecule has 0 saturated heterocycles. The fraction of sp³-hybridized carbons (Fsp3) is 0.462. The first-order valence-electron chi connectivity index (χ1n) is 5.65. The van der Waals surface area contributed by atoms with Gasteiger partial charge in [-0.15, -0.1) is 0 Å². The highest BCUT2D eigenvalue weighted by molar-refractivity contribution is 5.84. The Morgan fingerprint density at radius 2 is 1.81 bits per heavy atom. The monoisotopic (exact) mass is 220 g/mol. The van der Waals surface area contributed by atoms with E-state index in [0.717, 1.165) is 5.69 Å². The molecule has 1 aromatic carbocycles. The molecule has 0 aliphatic heterocycles. The molecule has 1 aromatic rings. The minimum Gasteiger partial charge on any atom is -0.374 e. The lowest BCUT2D eigenvalue weighted by molar-refractivity contribution is -0.121. The predicted molar refractivity (Wildman–Crippen MR) is 67.7 cm³/mol. The second kappa shape index (κ2) is 5.54. The van der Waals surface area contributed by atoms with Crippen LogP contribution in [0.3, 0.4) is 0 Å². The van der Waals surface area contributed by atoms with Crippen LogP contribution >= 0.6 is 0 Å². The summed E-state index contributed by atoms with van der Waals surface area (Å²) < 4.78 is 0. The average molecular weight is 220 g/mol. The molecule has 3 nitrogen and oxygen atoms in total. The van der Waals surface area contributed by atoms with Gasteiger partial charge in [0.1, 0.15) is 6.04 Å². The lowest BCUT2D eigenvalue weighted by Crippen LogP contribution is -2.37. The minimum atomic E-state index is -0.207. The third-order valence-electron chi connectivity index (χ3n) is 2.35. The number of rotatable bonds is 4. The van der Waals surface area contributed by atoms with E-state index in [2.05, 4.69) is 30.5 Å². The van der Waals surface area contributed by atoms with Crippen LogP contribution in [0, 0.1) is 13.8 Å². The fourth-order valence-electron chi connectivity index (χ4n) is 1.70. The fourth-order valence-corrected chi connectivity index (χ4v) is 1.70. The maximum atomic E-state index is 11.5. The van der Waals surface area contributed by atoms with Gasteiger partial charge in [-0.2, -0.15) is 0 Å². The van der Waals surface area contributed by atoms with Gasteiger partial charge in [-0.25, -0.2) is 0 Å². The first kappa shape index (κ1) is 12.6. The number of anilines is 1. The Kier molecular flexibility index (Phi) is 4.35. The van der Waals surface area contributed by atoms with E-state index in [4.69, 9.17) is 0 Å². The molecule has 0 heterocycles. The van der Waals surface area contributed by atoms with Crippen molar-refractivity contribution >= 4 is 11.6 Å². The first-order chi connectivity index (χ1) is 7.52. The van der Waals surface area contributed by atoms with E-state index in [-0.39, 0.29) is 11.9 Å².